The van der Waals surface area contributed by atoms with Crippen molar-refractivity contribution in [1.82, 2.24) is 9.36 Å². The quantitative estimate of drug-likeness (QED) is 0.645. The van der Waals surface area contributed by atoms with Gasteiger partial charge in [0.2, 0.25) is 0 Å². The van der Waals surface area contributed by atoms with Gasteiger partial charge in [-0.25, -0.2) is 4.98 Å². The van der Waals surface area contributed by atoms with E-state index in [-0.39, 0.29) is 5.69 Å². The molecule has 1 heterocycles. The Morgan fingerprint density at radius 3 is 2.56 bits per heavy atom. The molecular formula is C9H8N4O2S. The zero-order valence-electron chi connectivity index (χ0n) is 8.16. The van der Waals surface area contributed by atoms with Crippen LogP contribution in [0.2, 0.25) is 0 Å². The summed E-state index contributed by atoms with van der Waals surface area (Å²) < 4.78 is 4.04. The number of nitrogens with two attached hydrogens (primary N) is 1. The number of benzene rings is 1. The van der Waals surface area contributed by atoms with E-state index in [1.807, 2.05) is 0 Å². The molecule has 0 aliphatic rings. The normalized spacial score (nSPS) is 10.2. The molecule has 16 heavy (non-hydrogen) atoms. The van der Waals surface area contributed by atoms with Crippen LogP contribution >= 0.6 is 11.5 Å². The summed E-state index contributed by atoms with van der Waals surface area (Å²) in [5, 5.41) is 10.9. The first-order valence-electron chi connectivity index (χ1n) is 4.46. The van der Waals surface area contributed by atoms with E-state index in [1.54, 1.807) is 12.1 Å². The number of non-ortho nitro benzene ring substituents is 1. The molecule has 82 valence electrons. The van der Waals surface area contributed by atoms with Crippen LogP contribution in [0.25, 0.3) is 0 Å². The van der Waals surface area contributed by atoms with Crippen LogP contribution in [-0.4, -0.2) is 14.3 Å². The highest BCUT2D eigenvalue weighted by Crippen LogP contribution is 2.15. The van der Waals surface area contributed by atoms with Gasteiger partial charge in [0.15, 0.2) is 5.13 Å². The number of nitro groups is 1. The van der Waals surface area contributed by atoms with Gasteiger partial charge in [-0.2, -0.15) is 4.37 Å². The fraction of sp³-hybridized carbons (Fsp3) is 0.111. The molecule has 0 fully saturated rings. The maximum Gasteiger partial charge on any atom is 0.269 e. The van der Waals surface area contributed by atoms with Crippen molar-refractivity contribution in [3.8, 4) is 0 Å². The lowest BCUT2D eigenvalue weighted by molar-refractivity contribution is -0.384. The van der Waals surface area contributed by atoms with Crippen molar-refractivity contribution in [1.29, 1.82) is 0 Å². The van der Waals surface area contributed by atoms with E-state index in [9.17, 15) is 10.1 Å². The highest BCUT2D eigenvalue weighted by molar-refractivity contribution is 7.09. The molecule has 0 radical (unpaired) electrons. The standard InChI is InChI=1S/C9H8N4O2S/c10-9-11-8(12-16-9)5-6-1-3-7(4-2-6)13(14)15/h1-4H,5H2,(H2,10,11,12). The number of aromatic nitrogens is 2. The third-order valence-corrected chi connectivity index (χ3v) is 2.57. The molecule has 0 saturated carbocycles. The molecule has 0 bridgehead atoms. The number of nitrogen functional groups attached to an aromatic ring is 1. The van der Waals surface area contributed by atoms with E-state index >= 15 is 0 Å². The van der Waals surface area contributed by atoms with E-state index in [0.717, 1.165) is 17.1 Å². The fourth-order valence-electron chi connectivity index (χ4n) is 1.26. The second kappa shape index (κ2) is 4.23. The number of nitro benzene ring substituents is 1. The van der Waals surface area contributed by atoms with Crippen molar-refractivity contribution in [2.45, 2.75) is 6.42 Å². The Labute approximate surface area is 95.1 Å². The average Bonchev–Trinajstić information content (AvgIpc) is 2.65. The minimum atomic E-state index is -0.428. The molecule has 2 aromatic rings. The van der Waals surface area contributed by atoms with Crippen LogP contribution in [0.5, 0.6) is 0 Å². The smallest absolute Gasteiger partial charge is 0.269 e. The zero-order valence-corrected chi connectivity index (χ0v) is 8.98. The number of hydrogen-bond acceptors (Lipinski definition) is 6. The van der Waals surface area contributed by atoms with Crippen molar-refractivity contribution in [3.05, 3.63) is 45.8 Å². The van der Waals surface area contributed by atoms with Crippen LogP contribution in [0.15, 0.2) is 24.3 Å². The van der Waals surface area contributed by atoms with Gasteiger partial charge in [0.1, 0.15) is 5.82 Å². The third-order valence-electron chi connectivity index (χ3n) is 1.99. The van der Waals surface area contributed by atoms with Crippen molar-refractivity contribution < 1.29 is 4.92 Å². The first-order valence-corrected chi connectivity index (χ1v) is 5.24. The second-order valence-electron chi connectivity index (χ2n) is 3.15. The third kappa shape index (κ3) is 2.31. The first-order chi connectivity index (χ1) is 7.65. The number of nitrogens with zero attached hydrogens (tertiary/aromatic N) is 3. The van der Waals surface area contributed by atoms with Crippen molar-refractivity contribution >= 4 is 22.4 Å². The molecule has 7 heteroatoms. The predicted octanol–water partition coefficient (Wildman–Crippen LogP) is 1.62. The van der Waals surface area contributed by atoms with Gasteiger partial charge in [-0.3, -0.25) is 10.1 Å². The highest BCUT2D eigenvalue weighted by Gasteiger charge is 2.06. The largest absolute Gasteiger partial charge is 0.374 e. The van der Waals surface area contributed by atoms with E-state index < -0.39 is 4.92 Å². The van der Waals surface area contributed by atoms with Gasteiger partial charge in [-0.05, 0) is 5.56 Å². The van der Waals surface area contributed by atoms with Crippen molar-refractivity contribution in [2.24, 2.45) is 0 Å². The molecule has 0 amide bonds. The van der Waals surface area contributed by atoms with E-state index in [2.05, 4.69) is 9.36 Å². The molecule has 0 aliphatic carbocycles. The number of rotatable bonds is 3. The van der Waals surface area contributed by atoms with Gasteiger partial charge in [0.25, 0.3) is 5.69 Å². The minimum absolute atomic E-state index is 0.0782. The Balaban J connectivity index is 2.14. The Kier molecular flexibility index (Phi) is 2.78. The highest BCUT2D eigenvalue weighted by atomic mass is 32.1. The summed E-state index contributed by atoms with van der Waals surface area (Å²) in [7, 11) is 0. The molecule has 0 atom stereocenters. The Hall–Kier alpha value is -2.02. The van der Waals surface area contributed by atoms with Crippen LogP contribution in [0, 0.1) is 10.1 Å². The molecule has 6 nitrogen and oxygen atoms in total. The molecule has 2 N–H and O–H groups in total. The van der Waals surface area contributed by atoms with E-state index in [0.29, 0.717) is 17.4 Å². The summed E-state index contributed by atoms with van der Waals surface area (Å²) in [4.78, 5) is 14.0. The Morgan fingerprint density at radius 2 is 2.06 bits per heavy atom. The van der Waals surface area contributed by atoms with Gasteiger partial charge in [0.05, 0.1) is 4.92 Å². The maximum absolute atomic E-state index is 10.4. The van der Waals surface area contributed by atoms with Crippen molar-refractivity contribution in [2.75, 3.05) is 5.73 Å². The first kappa shape index (κ1) is 10.5. The van der Waals surface area contributed by atoms with Crippen LogP contribution in [0.1, 0.15) is 11.4 Å². The molecule has 0 spiro atoms. The van der Waals surface area contributed by atoms with Gasteiger partial charge in [-0.15, -0.1) is 0 Å². The van der Waals surface area contributed by atoms with Crippen LogP contribution in [0.3, 0.4) is 0 Å². The molecule has 0 aliphatic heterocycles. The molecule has 1 aromatic carbocycles. The Bertz CT molecular complexity index is 508. The van der Waals surface area contributed by atoms with Gasteiger partial charge in [0, 0.05) is 30.1 Å². The van der Waals surface area contributed by atoms with Crippen molar-refractivity contribution in [3.63, 3.8) is 0 Å². The molecule has 0 unspecified atom stereocenters. The van der Waals surface area contributed by atoms with Gasteiger partial charge < -0.3 is 5.73 Å². The summed E-state index contributed by atoms with van der Waals surface area (Å²) in [5.74, 6) is 0.636. The monoisotopic (exact) mass is 236 g/mol. The van der Waals surface area contributed by atoms with Crippen LogP contribution < -0.4 is 5.73 Å². The van der Waals surface area contributed by atoms with Gasteiger partial charge >= 0.3 is 0 Å². The number of anilines is 1. The van der Waals surface area contributed by atoms with Gasteiger partial charge in [-0.1, -0.05) is 12.1 Å². The van der Waals surface area contributed by atoms with Crippen LogP contribution in [-0.2, 0) is 6.42 Å². The van der Waals surface area contributed by atoms with E-state index in [1.165, 1.54) is 12.1 Å². The number of hydrogen-bond donors (Lipinski definition) is 1. The zero-order chi connectivity index (χ0) is 11.5. The SMILES string of the molecule is Nc1nc(Cc2ccc([N+](=O)[O-])cc2)ns1. The summed E-state index contributed by atoms with van der Waals surface area (Å²) in [5.41, 5.74) is 6.45. The summed E-state index contributed by atoms with van der Waals surface area (Å²) in [6.45, 7) is 0. The summed E-state index contributed by atoms with van der Waals surface area (Å²) in [6, 6.07) is 6.31. The molecule has 1 aromatic heterocycles. The lowest BCUT2D eigenvalue weighted by Crippen LogP contribution is -1.93. The molecule has 2 rings (SSSR count). The predicted molar refractivity (Wildman–Crippen MR) is 60.2 cm³/mol. The Morgan fingerprint density at radius 1 is 1.38 bits per heavy atom. The topological polar surface area (TPSA) is 94.9 Å². The van der Waals surface area contributed by atoms with E-state index in [4.69, 9.17) is 5.73 Å². The lowest BCUT2D eigenvalue weighted by atomic mass is 10.1. The minimum Gasteiger partial charge on any atom is -0.374 e. The van der Waals surface area contributed by atoms with Crippen LogP contribution in [0.4, 0.5) is 10.8 Å². The fourth-order valence-corrected chi connectivity index (χ4v) is 1.71. The maximum atomic E-state index is 10.4. The second-order valence-corrected chi connectivity index (χ2v) is 3.93. The summed E-state index contributed by atoms with van der Waals surface area (Å²) in [6.07, 6.45) is 0.533. The average molecular weight is 236 g/mol. The lowest BCUT2D eigenvalue weighted by Gasteiger charge is -1.96. The molecule has 0 saturated heterocycles. The molecular weight excluding hydrogens is 228 g/mol. The summed E-state index contributed by atoms with van der Waals surface area (Å²) >= 11 is 1.14.